The lowest BCUT2D eigenvalue weighted by molar-refractivity contribution is -0.384. The summed E-state index contributed by atoms with van der Waals surface area (Å²) in [7, 11) is 0. The molecule has 1 aliphatic rings. The minimum atomic E-state index is -1.41. The average Bonchev–Trinajstić information content (AvgIpc) is 2.98. The van der Waals surface area contributed by atoms with Gasteiger partial charge in [0.05, 0.1) is 27.8 Å². The molecule has 0 aromatic heterocycles. The highest BCUT2D eigenvalue weighted by molar-refractivity contribution is 6.34. The van der Waals surface area contributed by atoms with Gasteiger partial charge in [-0.2, -0.15) is 0 Å². The van der Waals surface area contributed by atoms with E-state index in [0.29, 0.717) is 0 Å². The monoisotopic (exact) mass is 420 g/mol. The van der Waals surface area contributed by atoms with Crippen LogP contribution in [0.4, 0.5) is 11.4 Å². The Bertz CT molecular complexity index is 1280. The van der Waals surface area contributed by atoms with E-state index in [1.54, 1.807) is 0 Å². The van der Waals surface area contributed by atoms with Crippen molar-refractivity contribution in [1.29, 1.82) is 0 Å². The molecule has 10 nitrogen and oxygen atoms in total. The van der Waals surface area contributed by atoms with E-state index in [4.69, 9.17) is 9.84 Å². The average molecular weight is 420 g/mol. The van der Waals surface area contributed by atoms with Crippen LogP contribution in [0.3, 0.4) is 0 Å². The second kappa shape index (κ2) is 7.26. The van der Waals surface area contributed by atoms with Gasteiger partial charge in [-0.05, 0) is 42.5 Å². The Morgan fingerprint density at radius 3 is 2.35 bits per heavy atom. The molecule has 0 unspecified atom stereocenters. The molecule has 0 saturated carbocycles. The quantitative estimate of drug-likeness (QED) is 0.361. The standard InChI is InChI=1S/C21H12N2O8/c24-18-7-4-11(9-17(18)21(27)28)22-19(25)15-6-5-14(10-16(15)20(22)26)31-13-3-1-2-12(8-13)23(29)30/h1-10,24H,(H,27,28). The van der Waals surface area contributed by atoms with Gasteiger partial charge in [0.25, 0.3) is 17.5 Å². The molecule has 0 spiro atoms. The van der Waals surface area contributed by atoms with Gasteiger partial charge in [0.2, 0.25) is 0 Å². The van der Waals surface area contributed by atoms with E-state index in [9.17, 15) is 29.6 Å². The zero-order chi connectivity index (χ0) is 22.3. The van der Waals surface area contributed by atoms with Gasteiger partial charge >= 0.3 is 5.97 Å². The third-order valence-corrected chi connectivity index (χ3v) is 4.59. The fraction of sp³-hybridized carbons (Fsp3) is 0. The van der Waals surface area contributed by atoms with Crippen LogP contribution in [-0.2, 0) is 0 Å². The number of aromatic hydroxyl groups is 1. The van der Waals surface area contributed by atoms with Crippen LogP contribution in [0, 0.1) is 10.1 Å². The van der Waals surface area contributed by atoms with Crippen LogP contribution in [-0.4, -0.2) is 32.9 Å². The van der Waals surface area contributed by atoms with Gasteiger partial charge in [-0.25, -0.2) is 9.69 Å². The molecule has 0 fully saturated rings. The summed E-state index contributed by atoms with van der Waals surface area (Å²) in [6, 6.07) is 13.0. The van der Waals surface area contributed by atoms with Gasteiger partial charge in [-0.1, -0.05) is 6.07 Å². The number of non-ortho nitro benzene ring substituents is 1. The highest BCUT2D eigenvalue weighted by Crippen LogP contribution is 2.34. The number of imide groups is 1. The van der Waals surface area contributed by atoms with Gasteiger partial charge < -0.3 is 14.9 Å². The number of fused-ring (bicyclic) bond motifs is 1. The highest BCUT2D eigenvalue weighted by atomic mass is 16.6. The Kier molecular flexibility index (Phi) is 4.59. The molecule has 31 heavy (non-hydrogen) atoms. The smallest absolute Gasteiger partial charge is 0.339 e. The lowest BCUT2D eigenvalue weighted by Crippen LogP contribution is -2.29. The predicted octanol–water partition coefficient (Wildman–Crippen LogP) is 3.59. The first-order chi connectivity index (χ1) is 14.8. The van der Waals surface area contributed by atoms with E-state index in [1.165, 1.54) is 48.5 Å². The van der Waals surface area contributed by atoms with Crippen molar-refractivity contribution >= 4 is 29.2 Å². The Hall–Kier alpha value is -4.73. The van der Waals surface area contributed by atoms with E-state index in [1.807, 2.05) is 0 Å². The number of amides is 2. The predicted molar refractivity (Wildman–Crippen MR) is 106 cm³/mol. The number of nitro benzene ring substituents is 1. The summed E-state index contributed by atoms with van der Waals surface area (Å²) in [5.41, 5.74) is -0.525. The number of ether oxygens (including phenoxy) is 1. The Morgan fingerprint density at radius 2 is 1.65 bits per heavy atom. The Balaban J connectivity index is 1.67. The van der Waals surface area contributed by atoms with Gasteiger partial charge in [0.15, 0.2) is 0 Å². The van der Waals surface area contributed by atoms with Crippen LogP contribution in [0.15, 0.2) is 60.7 Å². The molecule has 154 valence electrons. The molecule has 0 bridgehead atoms. The number of nitro groups is 1. The number of aromatic carboxylic acids is 1. The normalized spacial score (nSPS) is 12.6. The number of hydrogen-bond donors (Lipinski definition) is 2. The number of carboxylic acids is 1. The maximum atomic E-state index is 12.9. The number of carbonyl (C=O) groups excluding carboxylic acids is 2. The SMILES string of the molecule is O=C(O)c1cc(N2C(=O)c3ccc(Oc4cccc([N+](=O)[O-])c4)cc3C2=O)ccc1O. The maximum absolute atomic E-state index is 12.9. The molecule has 0 aliphatic carbocycles. The number of carbonyl (C=O) groups is 3. The Labute approximate surface area is 173 Å². The molecule has 2 N–H and O–H groups in total. The van der Waals surface area contributed by atoms with Crippen molar-refractivity contribution in [2.75, 3.05) is 4.90 Å². The van der Waals surface area contributed by atoms with Crippen LogP contribution in [0.1, 0.15) is 31.1 Å². The lowest BCUT2D eigenvalue weighted by Gasteiger charge is -2.14. The Morgan fingerprint density at radius 1 is 0.935 bits per heavy atom. The number of carboxylic acid groups (broad SMARTS) is 1. The van der Waals surface area contributed by atoms with Crippen molar-refractivity contribution in [3.8, 4) is 17.2 Å². The van der Waals surface area contributed by atoms with Crippen LogP contribution >= 0.6 is 0 Å². The lowest BCUT2D eigenvalue weighted by atomic mass is 10.1. The molecule has 10 heteroatoms. The number of hydrogen-bond acceptors (Lipinski definition) is 7. The first kappa shape index (κ1) is 19.6. The first-order valence-electron chi connectivity index (χ1n) is 8.77. The van der Waals surface area contributed by atoms with Crippen molar-refractivity contribution in [1.82, 2.24) is 0 Å². The topological polar surface area (TPSA) is 147 Å². The minimum absolute atomic E-state index is 0.0115. The van der Waals surface area contributed by atoms with Crippen molar-refractivity contribution in [2.24, 2.45) is 0 Å². The molecule has 0 atom stereocenters. The summed E-state index contributed by atoms with van der Waals surface area (Å²) < 4.78 is 5.59. The van der Waals surface area contributed by atoms with E-state index >= 15 is 0 Å². The van der Waals surface area contributed by atoms with Crippen molar-refractivity contribution in [3.63, 3.8) is 0 Å². The van der Waals surface area contributed by atoms with Crippen molar-refractivity contribution in [3.05, 3.63) is 87.5 Å². The molecule has 2 amide bonds. The number of anilines is 1. The molecule has 0 radical (unpaired) electrons. The zero-order valence-corrected chi connectivity index (χ0v) is 15.5. The molecule has 3 aromatic rings. The highest BCUT2D eigenvalue weighted by Gasteiger charge is 2.37. The van der Waals surface area contributed by atoms with E-state index in [0.717, 1.165) is 17.0 Å². The molecule has 3 aromatic carbocycles. The van der Waals surface area contributed by atoms with Crippen LogP contribution in [0.25, 0.3) is 0 Å². The van der Waals surface area contributed by atoms with Gasteiger partial charge in [-0.3, -0.25) is 19.7 Å². The summed E-state index contributed by atoms with van der Waals surface area (Å²) in [6.07, 6.45) is 0. The van der Waals surface area contributed by atoms with Gasteiger partial charge in [-0.15, -0.1) is 0 Å². The molecular formula is C21H12N2O8. The molecule has 0 saturated heterocycles. The van der Waals surface area contributed by atoms with Gasteiger partial charge in [0.1, 0.15) is 22.8 Å². The molecular weight excluding hydrogens is 408 g/mol. The third kappa shape index (κ3) is 3.42. The molecule has 1 heterocycles. The van der Waals surface area contributed by atoms with Gasteiger partial charge in [0, 0.05) is 6.07 Å². The summed E-state index contributed by atoms with van der Waals surface area (Å²) in [4.78, 5) is 48.0. The molecule has 4 rings (SSSR count). The number of rotatable bonds is 5. The fourth-order valence-electron chi connectivity index (χ4n) is 3.15. The third-order valence-electron chi connectivity index (χ3n) is 4.59. The fourth-order valence-corrected chi connectivity index (χ4v) is 3.15. The first-order valence-corrected chi connectivity index (χ1v) is 8.77. The van der Waals surface area contributed by atoms with Crippen molar-refractivity contribution in [2.45, 2.75) is 0 Å². The van der Waals surface area contributed by atoms with E-state index in [-0.39, 0.29) is 34.0 Å². The number of benzene rings is 3. The van der Waals surface area contributed by atoms with Crippen LogP contribution < -0.4 is 9.64 Å². The maximum Gasteiger partial charge on any atom is 0.339 e. The summed E-state index contributed by atoms with van der Waals surface area (Å²) in [5.74, 6) is -2.92. The largest absolute Gasteiger partial charge is 0.507 e. The van der Waals surface area contributed by atoms with Crippen LogP contribution in [0.5, 0.6) is 17.2 Å². The van der Waals surface area contributed by atoms with Crippen LogP contribution in [0.2, 0.25) is 0 Å². The van der Waals surface area contributed by atoms with E-state index in [2.05, 4.69) is 0 Å². The summed E-state index contributed by atoms with van der Waals surface area (Å²) in [5, 5.41) is 29.7. The molecule has 1 aliphatic heterocycles. The van der Waals surface area contributed by atoms with E-state index < -0.39 is 34.0 Å². The van der Waals surface area contributed by atoms with Crippen molar-refractivity contribution < 1.29 is 34.3 Å². The minimum Gasteiger partial charge on any atom is -0.507 e. The second-order valence-corrected chi connectivity index (χ2v) is 6.52. The zero-order valence-electron chi connectivity index (χ0n) is 15.5. The number of nitrogens with zero attached hydrogens (tertiary/aromatic N) is 2. The number of phenols is 1. The summed E-state index contributed by atoms with van der Waals surface area (Å²) in [6.45, 7) is 0. The second-order valence-electron chi connectivity index (χ2n) is 6.52. The summed E-state index contributed by atoms with van der Waals surface area (Å²) >= 11 is 0.